The van der Waals surface area contributed by atoms with Gasteiger partial charge in [0, 0.05) is 36.6 Å². The summed E-state index contributed by atoms with van der Waals surface area (Å²) in [6, 6.07) is 11.9. The van der Waals surface area contributed by atoms with Gasteiger partial charge in [0.2, 0.25) is 5.95 Å². The molecule has 3 heterocycles. The lowest BCUT2D eigenvalue weighted by molar-refractivity contribution is 0.0499. The van der Waals surface area contributed by atoms with Crippen LogP contribution in [0, 0.1) is 0 Å². The molecule has 1 unspecified atom stereocenters. The Morgan fingerprint density at radius 2 is 1.88 bits per heavy atom. The van der Waals surface area contributed by atoms with Gasteiger partial charge in [0.1, 0.15) is 16.6 Å². The molecule has 4 aromatic rings. The molecular weight excluding hydrogens is 558 g/mol. The average Bonchev–Trinajstić information content (AvgIpc) is 3.32. The summed E-state index contributed by atoms with van der Waals surface area (Å²) >= 11 is 6.53. The first-order chi connectivity index (χ1) is 19.9. The van der Waals surface area contributed by atoms with Gasteiger partial charge in [-0.1, -0.05) is 43.6 Å². The molecule has 0 aliphatic carbocycles. The van der Waals surface area contributed by atoms with E-state index in [0.717, 1.165) is 18.4 Å². The second-order valence-electron chi connectivity index (χ2n) is 11.1. The summed E-state index contributed by atoms with van der Waals surface area (Å²) in [7, 11) is 1.67. The number of carbonyl (C=O) groups is 2. The lowest BCUT2D eigenvalue weighted by Gasteiger charge is -2.34. The van der Waals surface area contributed by atoms with Gasteiger partial charge in [0.05, 0.1) is 17.6 Å². The van der Waals surface area contributed by atoms with Crippen molar-refractivity contribution in [1.82, 2.24) is 19.4 Å². The van der Waals surface area contributed by atoms with Crippen molar-refractivity contribution in [3.63, 3.8) is 0 Å². The second kappa shape index (κ2) is 12.4. The van der Waals surface area contributed by atoms with Gasteiger partial charge in [0.15, 0.2) is 0 Å². The van der Waals surface area contributed by atoms with Gasteiger partial charge in [0.25, 0.3) is 5.56 Å². The minimum Gasteiger partial charge on any atom is -0.478 e. The Bertz CT molecular complexity index is 1690. The van der Waals surface area contributed by atoms with Crippen molar-refractivity contribution in [2.45, 2.75) is 65.6 Å². The molecule has 2 aromatic heterocycles. The Labute approximate surface area is 249 Å². The van der Waals surface area contributed by atoms with Crippen LogP contribution in [0.2, 0.25) is 5.02 Å². The number of hydrogen-bond donors (Lipinski definition) is 2. The Kier molecular flexibility index (Phi) is 9.15. The number of piperidine rings is 1. The molecule has 1 atom stereocenters. The van der Waals surface area contributed by atoms with Crippen LogP contribution in [0.4, 0.5) is 10.7 Å². The first-order valence-corrected chi connectivity index (χ1v) is 14.5. The Morgan fingerprint density at radius 3 is 2.55 bits per heavy atom. The zero-order valence-electron chi connectivity index (χ0n) is 24.9. The molecule has 1 fully saturated rings. The first-order valence-electron chi connectivity index (χ1n) is 14.2. The number of hydrogen-bond acceptors (Lipinski definition) is 6. The number of nitrogens with one attached hydrogen (secondary N) is 1. The Hall–Kier alpha value is -4.05. The number of alkyl carbamates (subject to hydrolysis) is 1. The fourth-order valence-corrected chi connectivity index (χ4v) is 5.40. The maximum Gasteiger partial charge on any atom is 0.407 e. The predicted octanol–water partition coefficient (Wildman–Crippen LogP) is 5.81. The Balaban J connectivity index is 0.00000198. The third-order valence-corrected chi connectivity index (χ3v) is 7.39. The molecule has 0 saturated carbocycles. The molecule has 0 spiro atoms. The third-order valence-electron chi connectivity index (χ3n) is 7.03. The summed E-state index contributed by atoms with van der Waals surface area (Å²) in [5.74, 6) is -0.511. The summed E-state index contributed by atoms with van der Waals surface area (Å²) in [6.07, 6.45) is 1.08. The molecule has 2 N–H and O–H groups in total. The quantitative estimate of drug-likeness (QED) is 0.299. The summed E-state index contributed by atoms with van der Waals surface area (Å²) in [5.41, 5.74) is 1.41. The normalized spacial score (nSPS) is 15.3. The molecule has 224 valence electrons. The number of amides is 1. The molecule has 1 saturated heterocycles. The number of aromatic carboxylic acids is 1. The number of ether oxygens (including phenoxy) is 1. The highest BCUT2D eigenvalue weighted by Gasteiger charge is 2.29. The number of carboxylic acids is 1. The van der Waals surface area contributed by atoms with Crippen molar-refractivity contribution in [3.8, 4) is 0 Å². The van der Waals surface area contributed by atoms with Crippen molar-refractivity contribution in [3.05, 3.63) is 69.0 Å². The lowest BCUT2D eigenvalue weighted by atomic mass is 10.1. The topological polar surface area (TPSA) is 119 Å². The molecule has 5 rings (SSSR count). The largest absolute Gasteiger partial charge is 0.478 e. The zero-order chi connectivity index (χ0) is 30.8. The number of halogens is 1. The van der Waals surface area contributed by atoms with Crippen LogP contribution in [0.15, 0.2) is 47.3 Å². The number of imidazole rings is 1. The fraction of sp³-hybridized carbons (Fsp3) is 0.419. The molecule has 0 bridgehead atoms. The number of nitrogens with zero attached hydrogens (tertiary/aromatic N) is 4. The summed E-state index contributed by atoms with van der Waals surface area (Å²) in [6.45, 7) is 10.9. The summed E-state index contributed by atoms with van der Waals surface area (Å²) in [5, 5.41) is 13.7. The number of pyridine rings is 1. The highest BCUT2D eigenvalue weighted by molar-refractivity contribution is 6.31. The summed E-state index contributed by atoms with van der Waals surface area (Å²) in [4.78, 5) is 45.0. The van der Waals surface area contributed by atoms with Gasteiger partial charge in [-0.15, -0.1) is 0 Å². The van der Waals surface area contributed by atoms with E-state index >= 15 is 0 Å². The molecule has 0 radical (unpaired) electrons. The van der Waals surface area contributed by atoms with Crippen LogP contribution in [-0.4, -0.2) is 56.0 Å². The van der Waals surface area contributed by atoms with Gasteiger partial charge in [-0.2, -0.15) is 0 Å². The van der Waals surface area contributed by atoms with Crippen molar-refractivity contribution in [1.29, 1.82) is 0 Å². The van der Waals surface area contributed by atoms with Gasteiger partial charge in [-0.05, 0) is 63.4 Å². The van der Waals surface area contributed by atoms with Crippen LogP contribution in [0.25, 0.3) is 21.9 Å². The number of anilines is 1. The van der Waals surface area contributed by atoms with E-state index < -0.39 is 17.7 Å². The van der Waals surface area contributed by atoms with E-state index in [4.69, 9.17) is 21.3 Å². The smallest absolute Gasteiger partial charge is 0.407 e. The number of fused-ring (bicyclic) bond motifs is 3. The van der Waals surface area contributed by atoms with Crippen LogP contribution in [0.5, 0.6) is 0 Å². The molecule has 11 heteroatoms. The predicted molar refractivity (Wildman–Crippen MR) is 166 cm³/mol. The Morgan fingerprint density at radius 1 is 1.17 bits per heavy atom. The van der Waals surface area contributed by atoms with Gasteiger partial charge in [-0.25, -0.2) is 14.6 Å². The number of carbonyl (C=O) groups excluding carboxylic acids is 1. The average molecular weight is 596 g/mol. The molecule has 1 amide bonds. The van der Waals surface area contributed by atoms with Crippen molar-refractivity contribution < 1.29 is 19.4 Å². The highest BCUT2D eigenvalue weighted by Crippen LogP contribution is 2.31. The van der Waals surface area contributed by atoms with Crippen LogP contribution in [-0.2, 0) is 18.3 Å². The van der Waals surface area contributed by atoms with Crippen molar-refractivity contribution >= 4 is 51.5 Å². The highest BCUT2D eigenvalue weighted by atomic mass is 35.5. The van der Waals surface area contributed by atoms with Gasteiger partial charge in [-0.3, -0.25) is 4.79 Å². The van der Waals surface area contributed by atoms with Crippen LogP contribution >= 0.6 is 11.6 Å². The van der Waals surface area contributed by atoms with Gasteiger partial charge < -0.3 is 29.2 Å². The van der Waals surface area contributed by atoms with Crippen LogP contribution < -0.4 is 15.8 Å². The fourth-order valence-electron chi connectivity index (χ4n) is 5.20. The third kappa shape index (κ3) is 6.38. The zero-order valence-corrected chi connectivity index (χ0v) is 25.7. The van der Waals surface area contributed by atoms with E-state index in [2.05, 4.69) is 10.2 Å². The van der Waals surface area contributed by atoms with E-state index in [1.165, 1.54) is 10.6 Å². The van der Waals surface area contributed by atoms with Crippen molar-refractivity contribution in [2.75, 3.05) is 18.0 Å². The minimum atomic E-state index is -1.06. The molecular formula is C31H38ClN5O5. The number of carboxylic acid groups (broad SMARTS) is 1. The monoisotopic (exact) mass is 595 g/mol. The second-order valence-corrected chi connectivity index (χ2v) is 11.5. The SMILES string of the molecule is CC.Cn1c(=O)c2c(nc(N3CCCC(NC(=O)OC(C)(C)C)C3)n2Cc2ccccc2Cl)c2cc(C(=O)O)ccc21. The maximum absolute atomic E-state index is 13.8. The van der Waals surface area contributed by atoms with E-state index in [9.17, 15) is 19.5 Å². The molecule has 1 aliphatic rings. The van der Waals surface area contributed by atoms with Crippen LogP contribution in [0.3, 0.4) is 0 Å². The number of rotatable bonds is 5. The number of aryl methyl sites for hydroxylation is 1. The number of benzene rings is 2. The number of aromatic nitrogens is 3. The summed E-state index contributed by atoms with van der Waals surface area (Å²) < 4.78 is 8.82. The minimum absolute atomic E-state index is 0.106. The molecule has 2 aromatic carbocycles. The van der Waals surface area contributed by atoms with Crippen LogP contribution in [0.1, 0.15) is 63.4 Å². The van der Waals surface area contributed by atoms with Crippen molar-refractivity contribution in [2.24, 2.45) is 7.05 Å². The van der Waals surface area contributed by atoms with E-state index in [0.29, 0.717) is 46.0 Å². The molecule has 42 heavy (non-hydrogen) atoms. The van der Waals surface area contributed by atoms with E-state index in [1.54, 1.807) is 25.2 Å². The van der Waals surface area contributed by atoms with E-state index in [1.807, 2.05) is 57.4 Å². The lowest BCUT2D eigenvalue weighted by Crippen LogP contribution is -2.49. The van der Waals surface area contributed by atoms with E-state index in [-0.39, 0.29) is 23.7 Å². The molecule has 1 aliphatic heterocycles. The van der Waals surface area contributed by atoms with Gasteiger partial charge >= 0.3 is 12.1 Å². The standard InChI is InChI=1S/C29H32ClN5O5.C2H6/c1-29(2,3)40-28(39)31-19-9-7-13-34(16-19)27-32-23-20-14-17(26(37)38)11-12-22(20)33(4)25(36)24(23)35(27)15-18-8-5-6-10-21(18)30;1-2/h5-6,8,10-12,14,19H,7,9,13,15-16H2,1-4H3,(H,31,39)(H,37,38);1-2H3. The maximum atomic E-state index is 13.8. The first kappa shape index (κ1) is 30.9. The molecule has 10 nitrogen and oxygen atoms in total.